The first-order valence-electron chi connectivity index (χ1n) is 6.96. The minimum atomic E-state index is -0.128. The van der Waals surface area contributed by atoms with E-state index in [1.54, 1.807) is 0 Å². The summed E-state index contributed by atoms with van der Waals surface area (Å²) >= 11 is 7.14. The van der Waals surface area contributed by atoms with Crippen molar-refractivity contribution in [3.8, 4) is 0 Å². The Morgan fingerprint density at radius 1 is 1.15 bits per heavy atom. The van der Waals surface area contributed by atoms with Crippen LogP contribution in [0.5, 0.6) is 0 Å². The van der Waals surface area contributed by atoms with Gasteiger partial charge in [0.05, 0.1) is 6.04 Å². The van der Waals surface area contributed by atoms with Gasteiger partial charge in [0.15, 0.2) is 5.78 Å². The van der Waals surface area contributed by atoms with Crippen molar-refractivity contribution in [2.45, 2.75) is 53.1 Å². The minimum absolute atomic E-state index is 0.0450. The summed E-state index contributed by atoms with van der Waals surface area (Å²) in [5, 5.41) is 3.38. The van der Waals surface area contributed by atoms with Crippen LogP contribution in [0, 0.1) is 12.8 Å². The van der Waals surface area contributed by atoms with Crippen molar-refractivity contribution >= 4 is 37.6 Å². The van der Waals surface area contributed by atoms with Crippen LogP contribution >= 0.6 is 31.9 Å². The standard InChI is InChI=1S/C16H23Br2NO/c1-9(2)16(20)15(19-10(3)4)8-12-6-13(17)11(5)14(18)7-12/h6-7,9-10,15,19H,8H2,1-5H3. The zero-order chi connectivity index (χ0) is 15.4. The van der Waals surface area contributed by atoms with Crippen molar-refractivity contribution in [2.75, 3.05) is 0 Å². The molecule has 1 unspecified atom stereocenters. The average Bonchev–Trinajstić information content (AvgIpc) is 2.33. The van der Waals surface area contributed by atoms with Crippen molar-refractivity contribution in [3.63, 3.8) is 0 Å². The second kappa shape index (κ2) is 7.71. The van der Waals surface area contributed by atoms with Crippen LogP contribution in [0.25, 0.3) is 0 Å². The second-order valence-electron chi connectivity index (χ2n) is 5.82. The van der Waals surface area contributed by atoms with Crippen LogP contribution in [0.4, 0.5) is 0 Å². The Hall–Kier alpha value is -0.190. The molecule has 0 amide bonds. The van der Waals surface area contributed by atoms with Gasteiger partial charge in [0.2, 0.25) is 0 Å². The molecule has 0 saturated heterocycles. The maximum absolute atomic E-state index is 12.3. The molecule has 112 valence electrons. The molecular formula is C16H23Br2NO. The predicted molar refractivity (Wildman–Crippen MR) is 92.2 cm³/mol. The van der Waals surface area contributed by atoms with Gasteiger partial charge in [-0.05, 0) is 36.6 Å². The largest absolute Gasteiger partial charge is 0.305 e. The molecule has 2 nitrogen and oxygen atoms in total. The normalized spacial score (nSPS) is 13.1. The highest BCUT2D eigenvalue weighted by atomic mass is 79.9. The van der Waals surface area contributed by atoms with Gasteiger partial charge in [0.25, 0.3) is 0 Å². The minimum Gasteiger partial charge on any atom is -0.305 e. The molecule has 0 radical (unpaired) electrons. The van der Waals surface area contributed by atoms with Crippen LogP contribution in [0.15, 0.2) is 21.1 Å². The lowest BCUT2D eigenvalue weighted by molar-refractivity contribution is -0.124. The van der Waals surface area contributed by atoms with E-state index >= 15 is 0 Å². The smallest absolute Gasteiger partial charge is 0.152 e. The van der Waals surface area contributed by atoms with Gasteiger partial charge in [-0.15, -0.1) is 0 Å². The van der Waals surface area contributed by atoms with Gasteiger partial charge in [-0.1, -0.05) is 59.6 Å². The number of rotatable bonds is 6. The van der Waals surface area contributed by atoms with E-state index in [9.17, 15) is 4.79 Å². The number of carbonyl (C=O) groups is 1. The van der Waals surface area contributed by atoms with Crippen molar-refractivity contribution in [3.05, 3.63) is 32.2 Å². The highest BCUT2D eigenvalue weighted by Gasteiger charge is 2.22. The van der Waals surface area contributed by atoms with Gasteiger partial charge in [0, 0.05) is 20.9 Å². The number of hydrogen-bond donors (Lipinski definition) is 1. The molecule has 4 heteroatoms. The monoisotopic (exact) mass is 403 g/mol. The summed E-state index contributed by atoms with van der Waals surface area (Å²) in [5.41, 5.74) is 2.33. The number of halogens is 2. The van der Waals surface area contributed by atoms with Crippen molar-refractivity contribution < 1.29 is 4.79 Å². The van der Waals surface area contributed by atoms with E-state index in [0.717, 1.165) is 14.5 Å². The number of benzene rings is 1. The highest BCUT2D eigenvalue weighted by Crippen LogP contribution is 2.27. The average molecular weight is 405 g/mol. The molecular weight excluding hydrogens is 382 g/mol. The Morgan fingerprint density at radius 2 is 1.65 bits per heavy atom. The lowest BCUT2D eigenvalue weighted by atomic mass is 9.95. The van der Waals surface area contributed by atoms with Crippen LogP contribution in [-0.2, 0) is 11.2 Å². The van der Waals surface area contributed by atoms with Gasteiger partial charge in [-0.25, -0.2) is 0 Å². The number of Topliss-reactive ketones (excluding diaryl/α,β-unsaturated/α-hetero) is 1. The Labute approximate surface area is 139 Å². The van der Waals surface area contributed by atoms with Crippen molar-refractivity contribution in [1.29, 1.82) is 0 Å². The van der Waals surface area contributed by atoms with Crippen LogP contribution in [0.2, 0.25) is 0 Å². The zero-order valence-corrected chi connectivity index (χ0v) is 15.9. The molecule has 0 spiro atoms. The van der Waals surface area contributed by atoms with Crippen LogP contribution in [0.1, 0.15) is 38.8 Å². The zero-order valence-electron chi connectivity index (χ0n) is 12.8. The summed E-state index contributed by atoms with van der Waals surface area (Å²) in [4.78, 5) is 12.3. The van der Waals surface area contributed by atoms with E-state index in [0.29, 0.717) is 12.5 Å². The fraction of sp³-hybridized carbons (Fsp3) is 0.562. The van der Waals surface area contributed by atoms with E-state index in [4.69, 9.17) is 0 Å². The third-order valence-corrected chi connectivity index (χ3v) is 4.87. The molecule has 1 atom stereocenters. The quantitative estimate of drug-likeness (QED) is 0.747. The molecule has 1 aromatic rings. The first-order chi connectivity index (χ1) is 9.22. The topological polar surface area (TPSA) is 29.1 Å². The van der Waals surface area contributed by atoms with E-state index in [1.165, 1.54) is 5.56 Å². The molecule has 0 bridgehead atoms. The highest BCUT2D eigenvalue weighted by molar-refractivity contribution is 9.11. The number of hydrogen-bond acceptors (Lipinski definition) is 2. The lowest BCUT2D eigenvalue weighted by Gasteiger charge is -2.22. The summed E-state index contributed by atoms with van der Waals surface area (Å²) in [6.07, 6.45) is 0.715. The van der Waals surface area contributed by atoms with Gasteiger partial charge in [-0.3, -0.25) is 4.79 Å². The molecule has 1 rings (SSSR count). The van der Waals surface area contributed by atoms with Gasteiger partial charge in [-0.2, -0.15) is 0 Å². The Balaban J connectivity index is 2.97. The molecule has 20 heavy (non-hydrogen) atoms. The Morgan fingerprint density at radius 3 is 2.05 bits per heavy atom. The van der Waals surface area contributed by atoms with E-state index in [1.807, 2.05) is 13.8 Å². The van der Waals surface area contributed by atoms with Crippen LogP contribution < -0.4 is 5.32 Å². The van der Waals surface area contributed by atoms with Gasteiger partial charge >= 0.3 is 0 Å². The van der Waals surface area contributed by atoms with Crippen LogP contribution in [-0.4, -0.2) is 17.9 Å². The molecule has 1 aromatic carbocycles. The second-order valence-corrected chi connectivity index (χ2v) is 7.53. The Bertz CT molecular complexity index is 460. The van der Waals surface area contributed by atoms with Gasteiger partial charge in [0.1, 0.15) is 0 Å². The third kappa shape index (κ3) is 4.97. The molecule has 0 aliphatic heterocycles. The molecule has 0 aliphatic rings. The maximum Gasteiger partial charge on any atom is 0.152 e. The number of nitrogens with one attached hydrogen (secondary N) is 1. The first-order valence-corrected chi connectivity index (χ1v) is 8.55. The summed E-state index contributed by atoms with van der Waals surface area (Å²) in [6, 6.07) is 4.36. The molecule has 0 heterocycles. The summed E-state index contributed by atoms with van der Waals surface area (Å²) in [7, 11) is 0. The number of ketones is 1. The molecule has 1 N–H and O–H groups in total. The molecule has 0 fully saturated rings. The summed E-state index contributed by atoms with van der Waals surface area (Å²) in [5.74, 6) is 0.315. The third-order valence-electron chi connectivity index (χ3n) is 3.23. The summed E-state index contributed by atoms with van der Waals surface area (Å²) in [6.45, 7) is 10.1. The van der Waals surface area contributed by atoms with E-state index < -0.39 is 0 Å². The summed E-state index contributed by atoms with van der Waals surface area (Å²) < 4.78 is 2.14. The molecule has 0 saturated carbocycles. The maximum atomic E-state index is 12.3. The van der Waals surface area contributed by atoms with Crippen molar-refractivity contribution in [2.24, 2.45) is 5.92 Å². The fourth-order valence-electron chi connectivity index (χ4n) is 2.10. The van der Waals surface area contributed by atoms with E-state index in [-0.39, 0.29) is 17.7 Å². The first kappa shape index (κ1) is 17.9. The lowest BCUT2D eigenvalue weighted by Crippen LogP contribution is -2.44. The number of carbonyl (C=O) groups excluding carboxylic acids is 1. The molecule has 0 aliphatic carbocycles. The Kier molecular flexibility index (Phi) is 6.89. The molecule has 0 aromatic heterocycles. The van der Waals surface area contributed by atoms with Crippen LogP contribution in [0.3, 0.4) is 0 Å². The van der Waals surface area contributed by atoms with E-state index in [2.05, 4.69) is 70.1 Å². The van der Waals surface area contributed by atoms with Gasteiger partial charge < -0.3 is 5.32 Å². The SMILES string of the molecule is Cc1c(Br)cc(CC(NC(C)C)C(=O)C(C)C)cc1Br. The van der Waals surface area contributed by atoms with Crippen molar-refractivity contribution in [1.82, 2.24) is 5.32 Å². The fourth-order valence-corrected chi connectivity index (χ4v) is 3.38. The predicted octanol–water partition coefficient (Wildman–Crippen LogP) is 4.65.